The van der Waals surface area contributed by atoms with Gasteiger partial charge in [0.1, 0.15) is 0 Å². The van der Waals surface area contributed by atoms with E-state index in [9.17, 15) is 4.39 Å². The highest BCUT2D eigenvalue weighted by Gasteiger charge is 2.12. The number of aryl methyl sites for hydroxylation is 1. The molecule has 0 radical (unpaired) electrons. The van der Waals surface area contributed by atoms with Crippen LogP contribution in [0.4, 0.5) is 4.39 Å². The topological polar surface area (TPSA) is 9.23 Å². The fraction of sp³-hybridized carbons (Fsp3) is 0.143. The van der Waals surface area contributed by atoms with Gasteiger partial charge in [-0.05, 0) is 24.6 Å². The van der Waals surface area contributed by atoms with Crippen LogP contribution in [0.5, 0.6) is 5.75 Å². The van der Waals surface area contributed by atoms with Gasteiger partial charge in [0, 0.05) is 10.0 Å². The molecule has 1 nitrogen and oxygen atoms in total. The molecule has 0 atom stereocenters. The average molecular weight is 295 g/mol. The van der Waals surface area contributed by atoms with Gasteiger partial charge >= 0.3 is 0 Å². The Morgan fingerprint density at radius 3 is 2.35 bits per heavy atom. The van der Waals surface area contributed by atoms with Crippen molar-refractivity contribution in [1.82, 2.24) is 0 Å². The first-order valence-corrected chi connectivity index (χ1v) is 6.01. The highest BCUT2D eigenvalue weighted by molar-refractivity contribution is 9.10. The summed E-state index contributed by atoms with van der Waals surface area (Å²) in [4.78, 5) is 0. The van der Waals surface area contributed by atoms with Gasteiger partial charge in [-0.15, -0.1) is 0 Å². The van der Waals surface area contributed by atoms with Gasteiger partial charge in [0.25, 0.3) is 0 Å². The molecular formula is C14H12BrFO. The number of ether oxygens (including phenoxy) is 1. The van der Waals surface area contributed by atoms with Crippen LogP contribution in [-0.4, -0.2) is 7.11 Å². The largest absolute Gasteiger partial charge is 0.494 e. The fourth-order valence-electron chi connectivity index (χ4n) is 1.66. The molecule has 0 bridgehead atoms. The molecule has 0 aliphatic carbocycles. The molecule has 0 saturated heterocycles. The van der Waals surface area contributed by atoms with Gasteiger partial charge in [-0.3, -0.25) is 0 Å². The highest BCUT2D eigenvalue weighted by atomic mass is 79.9. The Morgan fingerprint density at radius 1 is 1.12 bits per heavy atom. The first-order chi connectivity index (χ1) is 8.11. The predicted molar refractivity (Wildman–Crippen MR) is 70.8 cm³/mol. The van der Waals surface area contributed by atoms with Gasteiger partial charge in [-0.25, -0.2) is 4.39 Å². The molecule has 3 heteroatoms. The quantitative estimate of drug-likeness (QED) is 0.788. The van der Waals surface area contributed by atoms with Crippen molar-refractivity contribution < 1.29 is 9.13 Å². The van der Waals surface area contributed by atoms with Gasteiger partial charge in [-0.1, -0.05) is 45.8 Å². The number of methoxy groups -OCH3 is 1. The minimum atomic E-state index is -0.334. The molecule has 0 aliphatic rings. The maximum absolute atomic E-state index is 14.1. The Balaban J connectivity index is 2.58. The van der Waals surface area contributed by atoms with Gasteiger partial charge in [-0.2, -0.15) is 0 Å². The molecule has 2 rings (SSSR count). The summed E-state index contributed by atoms with van der Waals surface area (Å²) in [6.07, 6.45) is 0. The fourth-order valence-corrected chi connectivity index (χ4v) is 2.09. The number of rotatable bonds is 2. The van der Waals surface area contributed by atoms with Crippen LogP contribution in [0.3, 0.4) is 0 Å². The second kappa shape index (κ2) is 4.88. The molecule has 0 amide bonds. The smallest absolute Gasteiger partial charge is 0.172 e. The van der Waals surface area contributed by atoms with Crippen LogP contribution >= 0.6 is 15.9 Å². The van der Waals surface area contributed by atoms with E-state index in [1.807, 2.05) is 31.2 Å². The predicted octanol–water partition coefficient (Wildman–Crippen LogP) is 4.57. The summed E-state index contributed by atoms with van der Waals surface area (Å²) in [5.74, 6) is -0.0884. The van der Waals surface area contributed by atoms with Crippen LogP contribution in [-0.2, 0) is 0 Å². The number of halogens is 2. The molecule has 0 aromatic heterocycles. The lowest BCUT2D eigenvalue weighted by Gasteiger charge is -2.09. The van der Waals surface area contributed by atoms with E-state index in [2.05, 4.69) is 15.9 Å². The van der Waals surface area contributed by atoms with Crippen LogP contribution in [0.2, 0.25) is 0 Å². The molecule has 0 aliphatic heterocycles. The minimum absolute atomic E-state index is 0.245. The third-order valence-corrected chi connectivity index (χ3v) is 3.04. The van der Waals surface area contributed by atoms with Crippen molar-refractivity contribution in [1.29, 1.82) is 0 Å². The maximum Gasteiger partial charge on any atom is 0.172 e. The number of benzene rings is 2. The molecule has 88 valence electrons. The molecule has 0 saturated carbocycles. The monoisotopic (exact) mass is 294 g/mol. The summed E-state index contributed by atoms with van der Waals surface area (Å²) < 4.78 is 19.9. The third-order valence-electron chi connectivity index (χ3n) is 2.59. The lowest BCUT2D eigenvalue weighted by atomic mass is 10.0. The summed E-state index contributed by atoms with van der Waals surface area (Å²) in [6, 6.07) is 11.1. The third kappa shape index (κ3) is 2.50. The maximum atomic E-state index is 14.1. The highest BCUT2D eigenvalue weighted by Crippen LogP contribution is 2.32. The van der Waals surface area contributed by atoms with Crippen LogP contribution < -0.4 is 4.74 Å². The standard InChI is InChI=1S/C14H12BrFO/c1-9-3-5-10(6-4-9)12-7-11(15)8-13(17-2)14(12)16/h3-8H,1-2H3. The zero-order valence-electron chi connectivity index (χ0n) is 9.63. The summed E-state index contributed by atoms with van der Waals surface area (Å²) >= 11 is 3.35. The van der Waals surface area contributed by atoms with E-state index in [4.69, 9.17) is 4.74 Å². The normalized spacial score (nSPS) is 10.4. The first-order valence-electron chi connectivity index (χ1n) is 5.22. The van der Waals surface area contributed by atoms with Crippen molar-refractivity contribution in [2.24, 2.45) is 0 Å². The molecule has 0 N–H and O–H groups in total. The van der Waals surface area contributed by atoms with Crippen LogP contribution in [0.1, 0.15) is 5.56 Å². The average Bonchev–Trinajstić information content (AvgIpc) is 2.33. The molecule has 2 aromatic carbocycles. The van der Waals surface area contributed by atoms with E-state index in [-0.39, 0.29) is 11.6 Å². The van der Waals surface area contributed by atoms with Gasteiger partial charge in [0.05, 0.1) is 7.11 Å². The zero-order valence-corrected chi connectivity index (χ0v) is 11.2. The van der Waals surface area contributed by atoms with Crippen LogP contribution in [0.25, 0.3) is 11.1 Å². The van der Waals surface area contributed by atoms with E-state index < -0.39 is 0 Å². The van der Waals surface area contributed by atoms with Crippen molar-refractivity contribution in [3.63, 3.8) is 0 Å². The van der Waals surface area contributed by atoms with E-state index >= 15 is 0 Å². The lowest BCUT2D eigenvalue weighted by molar-refractivity contribution is 0.387. The Kier molecular flexibility index (Phi) is 3.48. The summed E-state index contributed by atoms with van der Waals surface area (Å²) in [6.45, 7) is 2.00. The Hall–Kier alpha value is -1.35. The zero-order chi connectivity index (χ0) is 12.4. The lowest BCUT2D eigenvalue weighted by Crippen LogP contribution is -1.92. The SMILES string of the molecule is COc1cc(Br)cc(-c2ccc(C)cc2)c1F. The second-order valence-corrected chi connectivity index (χ2v) is 4.75. The molecular weight excluding hydrogens is 283 g/mol. The Bertz CT molecular complexity index is 535. The van der Waals surface area contributed by atoms with Crippen molar-refractivity contribution in [2.45, 2.75) is 6.92 Å². The first kappa shape index (κ1) is 12.1. The van der Waals surface area contributed by atoms with Crippen LogP contribution in [0.15, 0.2) is 40.9 Å². The van der Waals surface area contributed by atoms with Crippen molar-refractivity contribution in [3.8, 4) is 16.9 Å². The van der Waals surface area contributed by atoms with Gasteiger partial charge in [0.2, 0.25) is 0 Å². The molecule has 17 heavy (non-hydrogen) atoms. The number of hydrogen-bond donors (Lipinski definition) is 0. The molecule has 0 heterocycles. The van der Waals surface area contributed by atoms with Crippen molar-refractivity contribution in [3.05, 3.63) is 52.3 Å². The van der Waals surface area contributed by atoms with E-state index in [0.29, 0.717) is 5.56 Å². The molecule has 2 aromatic rings. The Labute approximate surface area is 108 Å². The Morgan fingerprint density at radius 2 is 1.76 bits per heavy atom. The van der Waals surface area contributed by atoms with E-state index in [1.54, 1.807) is 12.1 Å². The second-order valence-electron chi connectivity index (χ2n) is 3.84. The van der Waals surface area contributed by atoms with E-state index in [0.717, 1.165) is 15.6 Å². The molecule has 0 fully saturated rings. The minimum Gasteiger partial charge on any atom is -0.494 e. The van der Waals surface area contributed by atoms with Gasteiger partial charge < -0.3 is 4.74 Å². The summed E-state index contributed by atoms with van der Waals surface area (Å²) in [7, 11) is 1.46. The summed E-state index contributed by atoms with van der Waals surface area (Å²) in [5.41, 5.74) is 2.53. The van der Waals surface area contributed by atoms with E-state index in [1.165, 1.54) is 7.11 Å². The van der Waals surface area contributed by atoms with Crippen LogP contribution in [0, 0.1) is 12.7 Å². The molecule has 0 unspecified atom stereocenters. The molecule has 0 spiro atoms. The van der Waals surface area contributed by atoms with Crippen molar-refractivity contribution >= 4 is 15.9 Å². The van der Waals surface area contributed by atoms with Gasteiger partial charge in [0.15, 0.2) is 11.6 Å². The summed E-state index contributed by atoms with van der Waals surface area (Å²) in [5, 5.41) is 0. The van der Waals surface area contributed by atoms with Crippen molar-refractivity contribution in [2.75, 3.05) is 7.11 Å². The number of hydrogen-bond acceptors (Lipinski definition) is 1.